The highest BCUT2D eigenvalue weighted by Gasteiger charge is 2.07. The molecule has 0 aliphatic heterocycles. The zero-order valence-corrected chi connectivity index (χ0v) is 18.8. The van der Waals surface area contributed by atoms with Crippen molar-refractivity contribution in [2.45, 2.75) is 122 Å². The van der Waals surface area contributed by atoms with Gasteiger partial charge in [0.2, 0.25) is 0 Å². The molecule has 0 rings (SSSR count). The fourth-order valence-corrected chi connectivity index (χ4v) is 4.19. The Labute approximate surface area is 169 Å². The van der Waals surface area contributed by atoms with Crippen molar-refractivity contribution in [3.8, 4) is 0 Å². The topological polar surface area (TPSA) is 29.5 Å². The first-order chi connectivity index (χ1) is 12.8. The third kappa shape index (κ3) is 20.6. The number of unbranched alkanes of at least 4 members (excludes halogenated alkanes) is 14. The predicted octanol–water partition coefficient (Wildman–Crippen LogP) is 7.38. The van der Waals surface area contributed by atoms with E-state index in [1.807, 2.05) is 11.8 Å². The number of aliphatic hydroxyl groups is 1. The van der Waals surface area contributed by atoms with E-state index in [-0.39, 0.29) is 11.9 Å². The summed E-state index contributed by atoms with van der Waals surface area (Å²) in [6.45, 7) is 6.37. The summed E-state index contributed by atoms with van der Waals surface area (Å²) in [5.74, 6) is 1.17. The maximum absolute atomic E-state index is 9.49. The molecule has 0 spiro atoms. The predicted molar refractivity (Wildman–Crippen MR) is 119 cm³/mol. The van der Waals surface area contributed by atoms with E-state index >= 15 is 0 Å². The van der Waals surface area contributed by atoms with Gasteiger partial charge in [-0.2, -0.15) is 11.8 Å². The van der Waals surface area contributed by atoms with Crippen molar-refractivity contribution in [3.63, 3.8) is 0 Å². The van der Waals surface area contributed by atoms with Crippen molar-refractivity contribution in [3.05, 3.63) is 0 Å². The second kappa shape index (κ2) is 23.3. The molecule has 0 aliphatic carbocycles. The third-order valence-electron chi connectivity index (χ3n) is 5.00. The van der Waals surface area contributed by atoms with Crippen molar-refractivity contribution in [2.24, 2.45) is 0 Å². The van der Waals surface area contributed by atoms with Crippen LogP contribution in [0, 0.1) is 0 Å². The van der Waals surface area contributed by atoms with Gasteiger partial charge in [-0.3, -0.25) is 0 Å². The number of rotatable bonds is 22. The smallest absolute Gasteiger partial charge is 0.0607 e. The molecule has 158 valence electrons. The van der Waals surface area contributed by atoms with Gasteiger partial charge in [0.05, 0.1) is 18.5 Å². The summed E-state index contributed by atoms with van der Waals surface area (Å²) in [5.41, 5.74) is 0. The Morgan fingerprint density at radius 3 is 1.62 bits per heavy atom. The van der Waals surface area contributed by atoms with E-state index in [4.69, 9.17) is 4.74 Å². The highest BCUT2D eigenvalue weighted by molar-refractivity contribution is 7.99. The summed E-state index contributed by atoms with van der Waals surface area (Å²) in [4.78, 5) is 0. The van der Waals surface area contributed by atoms with E-state index in [0.29, 0.717) is 6.61 Å². The molecule has 0 aromatic heterocycles. The maximum Gasteiger partial charge on any atom is 0.0607 e. The average molecular weight is 389 g/mol. The molecule has 0 heterocycles. The van der Waals surface area contributed by atoms with Crippen LogP contribution in [0.25, 0.3) is 0 Å². The standard InChI is InChI=1S/C23H48O2S/c1-3-5-7-9-11-13-15-17-19-25-22-23(21-24)26-20-18-16-14-12-10-8-6-4-2/h23-24H,3-22H2,1-2H3. The molecule has 0 aromatic carbocycles. The Bertz CT molecular complexity index is 248. The van der Waals surface area contributed by atoms with Crippen LogP contribution >= 0.6 is 11.8 Å². The van der Waals surface area contributed by atoms with Gasteiger partial charge in [-0.05, 0) is 18.6 Å². The van der Waals surface area contributed by atoms with Crippen molar-refractivity contribution in [2.75, 3.05) is 25.6 Å². The summed E-state index contributed by atoms with van der Waals surface area (Å²) in [6.07, 6.45) is 21.7. The minimum atomic E-state index is 0.249. The van der Waals surface area contributed by atoms with Crippen LogP contribution in [0.5, 0.6) is 0 Å². The van der Waals surface area contributed by atoms with Gasteiger partial charge in [-0.25, -0.2) is 0 Å². The number of hydrogen-bond acceptors (Lipinski definition) is 3. The summed E-state index contributed by atoms with van der Waals surface area (Å²) in [7, 11) is 0. The van der Waals surface area contributed by atoms with E-state index in [1.165, 1.54) is 108 Å². The van der Waals surface area contributed by atoms with Crippen LogP contribution < -0.4 is 0 Å². The van der Waals surface area contributed by atoms with Gasteiger partial charge in [0.1, 0.15) is 0 Å². The molecule has 1 atom stereocenters. The summed E-state index contributed by atoms with van der Waals surface area (Å²) in [6, 6.07) is 0. The molecule has 1 N–H and O–H groups in total. The molecule has 0 aromatic rings. The van der Waals surface area contributed by atoms with Crippen LogP contribution in [0.4, 0.5) is 0 Å². The SMILES string of the molecule is CCCCCCCCCCOCC(CO)SCCCCCCCCCC. The average Bonchev–Trinajstić information content (AvgIpc) is 2.66. The van der Waals surface area contributed by atoms with E-state index in [2.05, 4.69) is 13.8 Å². The summed E-state index contributed by atoms with van der Waals surface area (Å²) >= 11 is 1.90. The third-order valence-corrected chi connectivity index (χ3v) is 6.28. The molecule has 0 bridgehead atoms. The van der Waals surface area contributed by atoms with Crippen LogP contribution in [0.3, 0.4) is 0 Å². The molecule has 3 heteroatoms. The van der Waals surface area contributed by atoms with Crippen LogP contribution in [0.2, 0.25) is 0 Å². The van der Waals surface area contributed by atoms with Gasteiger partial charge in [-0.15, -0.1) is 0 Å². The Morgan fingerprint density at radius 2 is 1.12 bits per heavy atom. The Kier molecular flexibility index (Phi) is 23.6. The second-order valence-electron chi connectivity index (χ2n) is 7.70. The highest BCUT2D eigenvalue weighted by Crippen LogP contribution is 2.16. The maximum atomic E-state index is 9.49. The molecule has 0 saturated heterocycles. The molecule has 0 aliphatic rings. The normalized spacial score (nSPS) is 12.6. The molecular formula is C23H48O2S. The quantitative estimate of drug-likeness (QED) is 0.196. The fourth-order valence-electron chi connectivity index (χ4n) is 3.19. The molecule has 2 nitrogen and oxygen atoms in total. The van der Waals surface area contributed by atoms with Gasteiger partial charge in [0.25, 0.3) is 0 Å². The molecule has 26 heavy (non-hydrogen) atoms. The van der Waals surface area contributed by atoms with E-state index in [1.54, 1.807) is 0 Å². The van der Waals surface area contributed by atoms with Crippen molar-refractivity contribution < 1.29 is 9.84 Å². The number of hydrogen-bond donors (Lipinski definition) is 1. The number of thioether (sulfide) groups is 1. The molecular weight excluding hydrogens is 340 g/mol. The van der Waals surface area contributed by atoms with Crippen LogP contribution in [-0.4, -0.2) is 35.9 Å². The zero-order chi connectivity index (χ0) is 19.1. The van der Waals surface area contributed by atoms with Crippen LogP contribution in [0.1, 0.15) is 117 Å². The van der Waals surface area contributed by atoms with Crippen molar-refractivity contribution in [1.82, 2.24) is 0 Å². The molecule has 0 fully saturated rings. The fraction of sp³-hybridized carbons (Fsp3) is 1.00. The lowest BCUT2D eigenvalue weighted by Crippen LogP contribution is -2.17. The Morgan fingerprint density at radius 1 is 0.654 bits per heavy atom. The number of ether oxygens (including phenoxy) is 1. The lowest BCUT2D eigenvalue weighted by molar-refractivity contribution is 0.117. The lowest BCUT2D eigenvalue weighted by Gasteiger charge is -2.14. The lowest BCUT2D eigenvalue weighted by atomic mass is 10.1. The van der Waals surface area contributed by atoms with Crippen LogP contribution in [0.15, 0.2) is 0 Å². The largest absolute Gasteiger partial charge is 0.395 e. The molecule has 0 amide bonds. The summed E-state index contributed by atoms with van der Waals surface area (Å²) in [5, 5.41) is 9.76. The Balaban J connectivity index is 3.28. The van der Waals surface area contributed by atoms with Gasteiger partial charge >= 0.3 is 0 Å². The van der Waals surface area contributed by atoms with Gasteiger partial charge < -0.3 is 9.84 Å². The van der Waals surface area contributed by atoms with Crippen molar-refractivity contribution >= 4 is 11.8 Å². The summed E-state index contributed by atoms with van der Waals surface area (Å²) < 4.78 is 5.78. The van der Waals surface area contributed by atoms with Gasteiger partial charge in [0.15, 0.2) is 0 Å². The monoisotopic (exact) mass is 388 g/mol. The second-order valence-corrected chi connectivity index (χ2v) is 9.11. The number of aliphatic hydroxyl groups excluding tert-OH is 1. The van der Waals surface area contributed by atoms with E-state index in [9.17, 15) is 5.11 Å². The Hall–Kier alpha value is 0.270. The molecule has 1 unspecified atom stereocenters. The minimum absolute atomic E-state index is 0.249. The van der Waals surface area contributed by atoms with E-state index in [0.717, 1.165) is 6.61 Å². The minimum Gasteiger partial charge on any atom is -0.395 e. The highest BCUT2D eigenvalue weighted by atomic mass is 32.2. The molecule has 0 saturated carbocycles. The first-order valence-corrected chi connectivity index (χ1v) is 12.7. The van der Waals surface area contributed by atoms with E-state index < -0.39 is 0 Å². The van der Waals surface area contributed by atoms with Gasteiger partial charge in [-0.1, -0.05) is 104 Å². The first-order valence-electron chi connectivity index (χ1n) is 11.6. The first kappa shape index (κ1) is 26.3. The van der Waals surface area contributed by atoms with Crippen molar-refractivity contribution in [1.29, 1.82) is 0 Å². The zero-order valence-electron chi connectivity index (χ0n) is 18.0. The molecule has 0 radical (unpaired) electrons. The van der Waals surface area contributed by atoms with Gasteiger partial charge in [0, 0.05) is 6.61 Å². The van der Waals surface area contributed by atoms with Crippen LogP contribution in [-0.2, 0) is 4.74 Å².